The third kappa shape index (κ3) is 5.29. The van der Waals surface area contributed by atoms with Crippen molar-refractivity contribution in [2.45, 2.75) is 13.0 Å². The molecule has 0 saturated carbocycles. The van der Waals surface area contributed by atoms with E-state index in [1.807, 2.05) is 0 Å². The van der Waals surface area contributed by atoms with Crippen LogP contribution in [0.2, 0.25) is 0 Å². The highest BCUT2D eigenvalue weighted by Gasteiger charge is 2.31. The van der Waals surface area contributed by atoms with Gasteiger partial charge in [-0.3, -0.25) is 4.79 Å². The van der Waals surface area contributed by atoms with Crippen molar-refractivity contribution in [1.82, 2.24) is 0 Å². The predicted molar refractivity (Wildman–Crippen MR) is 54.8 cm³/mol. The Labute approximate surface area is 108 Å². The number of hydrogen-bond donors (Lipinski definition) is 0. The van der Waals surface area contributed by atoms with Crippen molar-refractivity contribution < 1.29 is 36.2 Å². The van der Waals surface area contributed by atoms with E-state index >= 15 is 0 Å². The fraction of sp³-hybridized carbons (Fsp3) is 0.300. The Morgan fingerprint density at radius 3 is 2.26 bits per heavy atom. The van der Waals surface area contributed by atoms with Gasteiger partial charge in [-0.1, -0.05) is 0 Å². The number of rotatable bonds is 5. The number of benzene rings is 1. The van der Waals surface area contributed by atoms with Crippen LogP contribution in [0.1, 0.15) is 10.4 Å². The van der Waals surface area contributed by atoms with E-state index in [1.54, 1.807) is 0 Å². The average molecular weight is 305 g/mol. The zero-order valence-electron chi connectivity index (χ0n) is 9.01. The Balaban J connectivity index is 3.12. The number of ether oxygens (including phenoxy) is 2. The molecule has 0 aromatic heterocycles. The largest absolute Gasteiger partial charge is 0.573 e. The number of Topliss-reactive ketones (excluding diaryl/α,β-unsaturated/α-hetero) is 1. The van der Waals surface area contributed by atoms with Gasteiger partial charge < -0.3 is 9.47 Å². The van der Waals surface area contributed by atoms with Gasteiger partial charge in [0.1, 0.15) is 11.5 Å². The second-order valence-corrected chi connectivity index (χ2v) is 3.44. The smallest absolute Gasteiger partial charge is 0.435 e. The number of hydrogen-bond acceptors (Lipinski definition) is 3. The summed E-state index contributed by atoms with van der Waals surface area (Å²) < 4.78 is 67.6. The molecule has 0 spiro atoms. The van der Waals surface area contributed by atoms with E-state index in [1.165, 1.54) is 0 Å². The first-order valence-electron chi connectivity index (χ1n) is 4.66. The van der Waals surface area contributed by atoms with Crippen LogP contribution >= 0.6 is 11.6 Å². The van der Waals surface area contributed by atoms with E-state index in [2.05, 4.69) is 9.47 Å². The molecule has 3 nitrogen and oxygen atoms in total. The number of carbonyl (C=O) groups is 1. The molecule has 0 fully saturated rings. The van der Waals surface area contributed by atoms with Crippen LogP contribution in [0, 0.1) is 0 Å². The van der Waals surface area contributed by atoms with E-state index < -0.39 is 36.1 Å². The average Bonchev–Trinajstić information content (AvgIpc) is 2.24. The minimum Gasteiger partial charge on any atom is -0.435 e. The summed E-state index contributed by atoms with van der Waals surface area (Å²) in [5.74, 6) is -2.76. The summed E-state index contributed by atoms with van der Waals surface area (Å²) in [6.45, 7) is -3.25. The fourth-order valence-corrected chi connectivity index (χ4v) is 1.33. The van der Waals surface area contributed by atoms with E-state index in [0.29, 0.717) is 6.07 Å². The monoisotopic (exact) mass is 304 g/mol. The Morgan fingerprint density at radius 2 is 1.79 bits per heavy atom. The van der Waals surface area contributed by atoms with Crippen LogP contribution in [0.15, 0.2) is 18.2 Å². The summed E-state index contributed by atoms with van der Waals surface area (Å²) in [4.78, 5) is 11.3. The molecule has 0 bridgehead atoms. The van der Waals surface area contributed by atoms with Crippen LogP contribution in [-0.2, 0) is 0 Å². The molecule has 0 aliphatic rings. The second-order valence-electron chi connectivity index (χ2n) is 3.18. The van der Waals surface area contributed by atoms with E-state index in [-0.39, 0.29) is 5.56 Å². The van der Waals surface area contributed by atoms with Crippen LogP contribution in [0.4, 0.5) is 22.0 Å². The summed E-state index contributed by atoms with van der Waals surface area (Å²) in [6, 6.07) is 2.17. The van der Waals surface area contributed by atoms with Gasteiger partial charge in [0.25, 0.3) is 0 Å². The van der Waals surface area contributed by atoms with Gasteiger partial charge in [-0.15, -0.1) is 24.8 Å². The third-order valence-corrected chi connectivity index (χ3v) is 2.02. The topological polar surface area (TPSA) is 35.5 Å². The Bertz CT molecular complexity index is 461. The van der Waals surface area contributed by atoms with Gasteiger partial charge in [0.05, 0.1) is 5.88 Å². The molecule has 0 aliphatic carbocycles. The van der Waals surface area contributed by atoms with Gasteiger partial charge in [-0.25, -0.2) is 0 Å². The first-order chi connectivity index (χ1) is 8.71. The van der Waals surface area contributed by atoms with Crippen molar-refractivity contribution in [3.8, 4) is 11.5 Å². The molecule has 0 heterocycles. The molecule has 9 heteroatoms. The molecule has 1 aromatic rings. The van der Waals surface area contributed by atoms with Crippen molar-refractivity contribution in [1.29, 1.82) is 0 Å². The van der Waals surface area contributed by atoms with E-state index in [4.69, 9.17) is 11.6 Å². The molecule has 0 amide bonds. The molecule has 19 heavy (non-hydrogen) atoms. The van der Waals surface area contributed by atoms with E-state index in [9.17, 15) is 26.7 Å². The summed E-state index contributed by atoms with van der Waals surface area (Å²) in [5.41, 5.74) is -0.326. The predicted octanol–water partition coefficient (Wildman–Crippen LogP) is 3.61. The first-order valence-corrected chi connectivity index (χ1v) is 5.19. The van der Waals surface area contributed by atoms with Gasteiger partial charge in [-0.2, -0.15) is 8.78 Å². The van der Waals surface area contributed by atoms with Crippen molar-refractivity contribution in [3.63, 3.8) is 0 Å². The molecular weight excluding hydrogens is 299 g/mol. The maximum absolute atomic E-state index is 12.0. The molecule has 0 atom stereocenters. The standard InChI is InChI=1S/C10H6ClF5O3/c11-4-8(17)5-1-6(18-9(12)13)3-7(2-5)19-10(14,15)16/h1-3,9H,4H2. The highest BCUT2D eigenvalue weighted by Crippen LogP contribution is 2.29. The molecule has 0 saturated heterocycles. The quantitative estimate of drug-likeness (QED) is 0.473. The van der Waals surface area contributed by atoms with Crippen LogP contribution in [0.25, 0.3) is 0 Å². The first kappa shape index (κ1) is 15.5. The highest BCUT2D eigenvalue weighted by molar-refractivity contribution is 6.30. The normalized spacial score (nSPS) is 11.5. The summed E-state index contributed by atoms with van der Waals surface area (Å²) >= 11 is 5.23. The van der Waals surface area contributed by atoms with Crippen LogP contribution in [-0.4, -0.2) is 24.6 Å². The van der Waals surface area contributed by atoms with Crippen molar-refractivity contribution in [3.05, 3.63) is 23.8 Å². The SMILES string of the molecule is O=C(CCl)c1cc(OC(F)F)cc(OC(F)(F)F)c1. The van der Waals surface area contributed by atoms with Crippen LogP contribution in [0.3, 0.4) is 0 Å². The van der Waals surface area contributed by atoms with Gasteiger partial charge in [0, 0.05) is 11.6 Å². The number of alkyl halides is 6. The third-order valence-electron chi connectivity index (χ3n) is 1.78. The Kier molecular flexibility index (Phi) is 4.93. The fourth-order valence-electron chi connectivity index (χ4n) is 1.17. The number of carbonyl (C=O) groups excluding carboxylic acids is 1. The highest BCUT2D eigenvalue weighted by atomic mass is 35.5. The van der Waals surface area contributed by atoms with Crippen molar-refractivity contribution in [2.75, 3.05) is 5.88 Å². The molecule has 0 aliphatic heterocycles. The van der Waals surface area contributed by atoms with E-state index in [0.717, 1.165) is 12.1 Å². The van der Waals surface area contributed by atoms with Gasteiger partial charge in [-0.05, 0) is 12.1 Å². The zero-order chi connectivity index (χ0) is 14.6. The van der Waals surface area contributed by atoms with Crippen LogP contribution < -0.4 is 9.47 Å². The van der Waals surface area contributed by atoms with Gasteiger partial charge >= 0.3 is 13.0 Å². The lowest BCUT2D eigenvalue weighted by molar-refractivity contribution is -0.274. The molecule has 0 unspecified atom stereocenters. The van der Waals surface area contributed by atoms with Gasteiger partial charge in [0.15, 0.2) is 5.78 Å². The summed E-state index contributed by atoms with van der Waals surface area (Å²) in [5, 5.41) is 0. The number of ketones is 1. The lowest BCUT2D eigenvalue weighted by Crippen LogP contribution is -2.17. The van der Waals surface area contributed by atoms with Crippen molar-refractivity contribution >= 4 is 17.4 Å². The zero-order valence-corrected chi connectivity index (χ0v) is 9.76. The molecule has 106 valence electrons. The lowest BCUT2D eigenvalue weighted by Gasteiger charge is -2.12. The number of halogens is 6. The van der Waals surface area contributed by atoms with Crippen LogP contribution in [0.5, 0.6) is 11.5 Å². The minimum absolute atomic E-state index is 0.326. The van der Waals surface area contributed by atoms with Crippen molar-refractivity contribution in [2.24, 2.45) is 0 Å². The molecule has 0 N–H and O–H groups in total. The lowest BCUT2D eigenvalue weighted by atomic mass is 10.1. The summed E-state index contributed by atoms with van der Waals surface area (Å²) in [7, 11) is 0. The van der Waals surface area contributed by atoms with Gasteiger partial charge in [0.2, 0.25) is 0 Å². The molecule has 1 rings (SSSR count). The molecule has 0 radical (unpaired) electrons. The molecular formula is C10H6ClF5O3. The Morgan fingerprint density at radius 1 is 1.21 bits per heavy atom. The maximum Gasteiger partial charge on any atom is 0.573 e. The second kappa shape index (κ2) is 6.05. The molecule has 1 aromatic carbocycles. The Hall–Kier alpha value is -1.57. The minimum atomic E-state index is -5.02. The maximum atomic E-state index is 12.0. The summed E-state index contributed by atoms with van der Waals surface area (Å²) in [6.07, 6.45) is -5.02.